The molecule has 0 fully saturated rings. The van der Waals surface area contributed by atoms with E-state index in [-0.39, 0.29) is 23.7 Å². The van der Waals surface area contributed by atoms with Crippen molar-refractivity contribution in [3.05, 3.63) is 70.6 Å². The van der Waals surface area contributed by atoms with Crippen LogP contribution in [-0.2, 0) is 22.7 Å². The molecule has 0 radical (unpaired) electrons. The first-order chi connectivity index (χ1) is 13.4. The van der Waals surface area contributed by atoms with E-state index in [0.717, 1.165) is 11.1 Å². The lowest BCUT2D eigenvalue weighted by molar-refractivity contribution is -0.118. The van der Waals surface area contributed by atoms with Crippen molar-refractivity contribution in [2.75, 3.05) is 0 Å². The number of amides is 2. The van der Waals surface area contributed by atoms with Crippen LogP contribution in [0.2, 0.25) is 0 Å². The Hall–Kier alpha value is -3.02. The van der Waals surface area contributed by atoms with E-state index in [1.165, 1.54) is 0 Å². The quantitative estimate of drug-likeness (QED) is 0.797. The molecule has 2 atom stereocenters. The minimum Gasteiger partial charge on any atom is -0.467 e. The van der Waals surface area contributed by atoms with Crippen LogP contribution in [0.4, 0.5) is 0 Å². The summed E-state index contributed by atoms with van der Waals surface area (Å²) in [4.78, 5) is 25.8. The van der Waals surface area contributed by atoms with Gasteiger partial charge in [0.2, 0.25) is 5.91 Å². The van der Waals surface area contributed by atoms with Crippen molar-refractivity contribution in [3.8, 4) is 0 Å². The molecule has 0 bridgehead atoms. The topological polar surface area (TPSA) is 84.5 Å². The van der Waals surface area contributed by atoms with Gasteiger partial charge in [0.25, 0.3) is 5.91 Å². The molecule has 0 spiro atoms. The Bertz CT molecular complexity index is 905. The maximum absolute atomic E-state index is 12.9. The molecule has 3 rings (SSSR count). The minimum atomic E-state index is -0.193. The highest BCUT2D eigenvalue weighted by molar-refractivity contribution is 6.04. The zero-order chi connectivity index (χ0) is 20.3. The summed E-state index contributed by atoms with van der Waals surface area (Å²) in [5, 5.41) is 5.80. The van der Waals surface area contributed by atoms with Gasteiger partial charge < -0.3 is 19.5 Å². The number of hydrogen-bond donors (Lipinski definition) is 2. The van der Waals surface area contributed by atoms with Crippen LogP contribution < -0.4 is 10.6 Å². The largest absolute Gasteiger partial charge is 0.467 e. The van der Waals surface area contributed by atoms with Gasteiger partial charge in [-0.2, -0.15) is 0 Å². The highest BCUT2D eigenvalue weighted by atomic mass is 16.3. The van der Waals surface area contributed by atoms with Crippen LogP contribution in [-0.4, -0.2) is 11.8 Å². The first kappa shape index (κ1) is 19.7. The van der Waals surface area contributed by atoms with Gasteiger partial charge in [0.1, 0.15) is 11.5 Å². The van der Waals surface area contributed by atoms with Gasteiger partial charge in [0.15, 0.2) is 0 Å². The highest BCUT2D eigenvalue weighted by Gasteiger charge is 2.34. The fraction of sp³-hybridized carbons (Fsp3) is 0.364. The Labute approximate surface area is 164 Å². The molecule has 6 nitrogen and oxygen atoms in total. The average molecular weight is 382 g/mol. The Kier molecular flexibility index (Phi) is 5.87. The number of rotatable bonds is 6. The second-order valence-electron chi connectivity index (χ2n) is 7.20. The molecule has 0 saturated heterocycles. The Morgan fingerprint density at radius 1 is 0.893 bits per heavy atom. The smallest absolute Gasteiger partial charge is 0.251 e. The maximum Gasteiger partial charge on any atom is 0.251 e. The molecule has 2 aromatic heterocycles. The third kappa shape index (κ3) is 3.96. The molecule has 28 heavy (non-hydrogen) atoms. The van der Waals surface area contributed by atoms with E-state index < -0.39 is 0 Å². The summed E-state index contributed by atoms with van der Waals surface area (Å²) in [5.74, 6) is 1.10. The van der Waals surface area contributed by atoms with Gasteiger partial charge >= 0.3 is 0 Å². The van der Waals surface area contributed by atoms with Gasteiger partial charge in [-0.05, 0) is 55.5 Å². The van der Waals surface area contributed by atoms with Crippen LogP contribution in [0.25, 0.3) is 0 Å². The van der Waals surface area contributed by atoms with E-state index in [9.17, 15) is 9.59 Å². The summed E-state index contributed by atoms with van der Waals surface area (Å²) in [5.41, 5.74) is 2.94. The van der Waals surface area contributed by atoms with Crippen LogP contribution in [0.1, 0.15) is 39.2 Å². The molecule has 2 N–H and O–H groups in total. The molecule has 0 aliphatic heterocycles. The van der Waals surface area contributed by atoms with E-state index in [2.05, 4.69) is 10.6 Å². The summed E-state index contributed by atoms with van der Waals surface area (Å²) in [6.45, 7) is 8.49. The molecule has 2 unspecified atom stereocenters. The van der Waals surface area contributed by atoms with E-state index >= 15 is 0 Å². The highest BCUT2D eigenvalue weighted by Crippen LogP contribution is 2.38. The number of nitrogens with one attached hydrogen (secondary N) is 2. The fourth-order valence-corrected chi connectivity index (χ4v) is 3.70. The molecular weight excluding hydrogens is 356 g/mol. The molecule has 0 saturated carbocycles. The van der Waals surface area contributed by atoms with Crippen molar-refractivity contribution in [1.82, 2.24) is 10.6 Å². The molecule has 6 heteroatoms. The third-order valence-electron chi connectivity index (χ3n) is 5.54. The van der Waals surface area contributed by atoms with Crippen LogP contribution in [0.5, 0.6) is 0 Å². The fourth-order valence-electron chi connectivity index (χ4n) is 3.70. The molecular formula is C22H26N2O4. The molecule has 1 aliphatic carbocycles. The Balaban J connectivity index is 1.81. The van der Waals surface area contributed by atoms with Crippen molar-refractivity contribution in [2.24, 2.45) is 11.8 Å². The number of allylic oxidation sites excluding steroid dienone is 1. The summed E-state index contributed by atoms with van der Waals surface area (Å²) in [6, 6.07) is 7.18. The van der Waals surface area contributed by atoms with Gasteiger partial charge in [-0.3, -0.25) is 9.59 Å². The van der Waals surface area contributed by atoms with Crippen molar-refractivity contribution in [3.63, 3.8) is 0 Å². The Morgan fingerprint density at radius 3 is 1.93 bits per heavy atom. The first-order valence-corrected chi connectivity index (χ1v) is 9.43. The lowest BCUT2D eigenvalue weighted by atomic mass is 9.73. The van der Waals surface area contributed by atoms with Crippen LogP contribution in [0, 0.1) is 11.8 Å². The second-order valence-corrected chi connectivity index (χ2v) is 7.20. The molecule has 2 heterocycles. The summed E-state index contributed by atoms with van der Waals surface area (Å²) < 4.78 is 10.6. The second kappa shape index (κ2) is 8.33. The van der Waals surface area contributed by atoms with E-state index in [1.807, 2.05) is 39.8 Å². The molecule has 0 aromatic carbocycles. The zero-order valence-corrected chi connectivity index (χ0v) is 16.7. The third-order valence-corrected chi connectivity index (χ3v) is 5.54. The first-order valence-electron chi connectivity index (χ1n) is 9.43. The van der Waals surface area contributed by atoms with Gasteiger partial charge in [-0.1, -0.05) is 19.4 Å². The van der Waals surface area contributed by atoms with E-state index in [4.69, 9.17) is 8.83 Å². The van der Waals surface area contributed by atoms with Crippen LogP contribution in [0.3, 0.4) is 0 Å². The predicted octanol–water partition coefficient (Wildman–Crippen LogP) is 3.72. The van der Waals surface area contributed by atoms with Crippen molar-refractivity contribution in [2.45, 2.75) is 40.8 Å². The van der Waals surface area contributed by atoms with Crippen molar-refractivity contribution >= 4 is 11.8 Å². The molecule has 2 aromatic rings. The summed E-state index contributed by atoms with van der Waals surface area (Å²) >= 11 is 0. The number of hydrogen-bond acceptors (Lipinski definition) is 4. The molecule has 148 valence electrons. The lowest BCUT2D eigenvalue weighted by Crippen LogP contribution is -2.36. The number of furan rings is 2. The van der Waals surface area contributed by atoms with Crippen molar-refractivity contribution in [1.29, 1.82) is 0 Å². The summed E-state index contributed by atoms with van der Waals surface area (Å²) in [6.07, 6.45) is 3.15. The monoisotopic (exact) mass is 382 g/mol. The molecule has 2 amide bonds. The van der Waals surface area contributed by atoms with Crippen molar-refractivity contribution < 1.29 is 18.4 Å². The van der Waals surface area contributed by atoms with Gasteiger partial charge in [-0.25, -0.2) is 0 Å². The SMILES string of the molecule is CC1=C(C(=O)NCc2ccco2)C(C)C(C)C(C)=C1C(=O)NCc1ccco1. The standard InChI is InChI=1S/C22H26N2O4/c1-13-14(2)19(21(25)23-11-17-7-5-9-27-17)16(4)20(15(13)3)22(26)24-12-18-8-6-10-28-18/h5-10,13-14H,11-12H2,1-4H3,(H,23,25)(H,24,26). The number of carbonyl (C=O) groups excluding carboxylic acids is 2. The van der Waals surface area contributed by atoms with E-state index in [0.29, 0.717) is 35.8 Å². The maximum atomic E-state index is 12.9. The molecule has 1 aliphatic rings. The van der Waals surface area contributed by atoms with Gasteiger partial charge in [-0.15, -0.1) is 0 Å². The average Bonchev–Trinajstić information content (AvgIpc) is 3.37. The van der Waals surface area contributed by atoms with Crippen LogP contribution >= 0.6 is 0 Å². The lowest BCUT2D eigenvalue weighted by Gasteiger charge is -2.32. The zero-order valence-electron chi connectivity index (χ0n) is 16.7. The van der Waals surface area contributed by atoms with E-state index in [1.54, 1.807) is 24.7 Å². The normalized spacial score (nSPS) is 19.7. The summed E-state index contributed by atoms with van der Waals surface area (Å²) in [7, 11) is 0. The van der Waals surface area contributed by atoms with Gasteiger partial charge in [0.05, 0.1) is 25.6 Å². The van der Waals surface area contributed by atoms with Gasteiger partial charge in [0, 0.05) is 11.1 Å². The predicted molar refractivity (Wildman–Crippen MR) is 105 cm³/mol. The van der Waals surface area contributed by atoms with Crippen LogP contribution in [0.15, 0.2) is 67.9 Å². The minimum absolute atomic E-state index is 0.0122. The number of carbonyl (C=O) groups is 2. The Morgan fingerprint density at radius 2 is 1.43 bits per heavy atom.